The summed E-state index contributed by atoms with van der Waals surface area (Å²) in [6.07, 6.45) is 0. The van der Waals surface area contributed by atoms with Crippen molar-refractivity contribution in [2.45, 2.75) is 0 Å². The van der Waals surface area contributed by atoms with Crippen LogP contribution in [0.5, 0.6) is 5.75 Å². The molecule has 0 saturated heterocycles. The van der Waals surface area contributed by atoms with Crippen molar-refractivity contribution in [3.63, 3.8) is 0 Å². The first kappa shape index (κ1) is 11.3. The number of nitrogens with two attached hydrogens (primary N) is 1. The molecule has 82 valence electrons. The van der Waals surface area contributed by atoms with E-state index in [9.17, 15) is 9.18 Å². The molecule has 2 N–H and O–H groups in total. The van der Waals surface area contributed by atoms with Crippen LogP contribution >= 0.6 is 0 Å². The number of carbonyl (C=O) groups is 1. The Morgan fingerprint density at radius 2 is 2.27 bits per heavy atom. The number of hydrogen-bond acceptors (Lipinski definition) is 4. The topological polar surface area (TPSA) is 61.5 Å². The van der Waals surface area contributed by atoms with Gasteiger partial charge in [0.25, 0.3) is 0 Å². The van der Waals surface area contributed by atoms with Crippen molar-refractivity contribution in [3.05, 3.63) is 23.8 Å². The number of benzene rings is 1. The van der Waals surface area contributed by atoms with Crippen LogP contribution in [-0.4, -0.2) is 26.4 Å². The van der Waals surface area contributed by atoms with Crippen molar-refractivity contribution in [2.75, 3.05) is 26.1 Å². The first-order chi connectivity index (χ1) is 7.19. The fourth-order valence-corrected chi connectivity index (χ4v) is 1.05. The molecule has 0 heterocycles. The van der Waals surface area contributed by atoms with Crippen LogP contribution in [0.2, 0.25) is 0 Å². The summed E-state index contributed by atoms with van der Waals surface area (Å²) in [6.45, 7) is -0.941. The Bertz CT molecular complexity index is 355. The average molecular weight is 213 g/mol. The van der Waals surface area contributed by atoms with Crippen molar-refractivity contribution in [3.8, 4) is 5.75 Å². The third-order valence-corrected chi connectivity index (χ3v) is 1.78. The number of hydrogen-bond donors (Lipinski definition) is 1. The SMILES string of the molecule is COc1cc(C(=O)OCCF)ccc1N. The van der Waals surface area contributed by atoms with E-state index in [0.717, 1.165) is 0 Å². The first-order valence-electron chi connectivity index (χ1n) is 4.35. The molecule has 1 aromatic rings. The molecule has 0 aromatic heterocycles. The van der Waals surface area contributed by atoms with E-state index >= 15 is 0 Å². The second-order valence-electron chi connectivity index (χ2n) is 2.78. The number of carbonyl (C=O) groups excluding carboxylic acids is 1. The molecular formula is C10H12FNO3. The highest BCUT2D eigenvalue weighted by Crippen LogP contribution is 2.22. The van der Waals surface area contributed by atoms with Gasteiger partial charge in [-0.25, -0.2) is 9.18 Å². The third-order valence-electron chi connectivity index (χ3n) is 1.78. The molecule has 0 unspecified atom stereocenters. The van der Waals surface area contributed by atoms with Crippen molar-refractivity contribution >= 4 is 11.7 Å². The molecule has 1 aromatic carbocycles. The summed E-state index contributed by atoms with van der Waals surface area (Å²) < 4.78 is 21.3. The van der Waals surface area contributed by atoms with Gasteiger partial charge in [-0.05, 0) is 18.2 Å². The van der Waals surface area contributed by atoms with Crippen LogP contribution in [0.15, 0.2) is 18.2 Å². The van der Waals surface area contributed by atoms with Gasteiger partial charge in [-0.1, -0.05) is 0 Å². The van der Waals surface area contributed by atoms with Crippen LogP contribution in [0, 0.1) is 0 Å². The number of alkyl halides is 1. The predicted octanol–water partition coefficient (Wildman–Crippen LogP) is 1.40. The highest BCUT2D eigenvalue weighted by Gasteiger charge is 2.09. The van der Waals surface area contributed by atoms with Crippen LogP contribution in [0.4, 0.5) is 10.1 Å². The van der Waals surface area contributed by atoms with E-state index in [1.54, 1.807) is 0 Å². The molecule has 0 spiro atoms. The summed E-state index contributed by atoms with van der Waals surface area (Å²) in [6, 6.07) is 4.49. The zero-order valence-corrected chi connectivity index (χ0v) is 8.33. The molecule has 5 heteroatoms. The normalized spacial score (nSPS) is 9.73. The first-order valence-corrected chi connectivity index (χ1v) is 4.35. The minimum atomic E-state index is -0.697. The Hall–Kier alpha value is -1.78. The Labute approximate surface area is 86.8 Å². The van der Waals surface area contributed by atoms with Gasteiger partial charge in [-0.15, -0.1) is 0 Å². The monoisotopic (exact) mass is 213 g/mol. The Morgan fingerprint density at radius 1 is 1.53 bits per heavy atom. The number of nitrogen functional groups attached to an aromatic ring is 1. The van der Waals surface area contributed by atoms with Crippen LogP contribution in [0.1, 0.15) is 10.4 Å². The molecule has 4 nitrogen and oxygen atoms in total. The lowest BCUT2D eigenvalue weighted by Gasteiger charge is -2.06. The number of halogens is 1. The molecule has 0 atom stereocenters. The van der Waals surface area contributed by atoms with Gasteiger partial charge in [-0.3, -0.25) is 0 Å². The third kappa shape index (κ3) is 2.83. The summed E-state index contributed by atoms with van der Waals surface area (Å²) in [5.41, 5.74) is 6.28. The summed E-state index contributed by atoms with van der Waals surface area (Å²) >= 11 is 0. The van der Waals surface area contributed by atoms with Gasteiger partial charge in [0.2, 0.25) is 0 Å². The largest absolute Gasteiger partial charge is 0.495 e. The molecule has 0 bridgehead atoms. The van der Waals surface area contributed by atoms with Gasteiger partial charge in [0.05, 0.1) is 18.4 Å². The predicted molar refractivity (Wildman–Crippen MR) is 53.7 cm³/mol. The minimum Gasteiger partial charge on any atom is -0.495 e. The van der Waals surface area contributed by atoms with E-state index in [1.807, 2.05) is 0 Å². The molecule has 0 aliphatic heterocycles. The number of anilines is 1. The van der Waals surface area contributed by atoms with E-state index in [2.05, 4.69) is 4.74 Å². The van der Waals surface area contributed by atoms with Gasteiger partial charge in [0, 0.05) is 0 Å². The van der Waals surface area contributed by atoms with Gasteiger partial charge in [0.15, 0.2) is 0 Å². The quantitative estimate of drug-likeness (QED) is 0.606. The molecule has 0 radical (unpaired) electrons. The number of methoxy groups -OCH3 is 1. The zero-order chi connectivity index (χ0) is 11.3. The molecule has 0 aliphatic rings. The number of ether oxygens (including phenoxy) is 2. The maximum atomic E-state index is 11.8. The lowest BCUT2D eigenvalue weighted by molar-refractivity contribution is 0.0481. The van der Waals surface area contributed by atoms with Crippen molar-refractivity contribution < 1.29 is 18.7 Å². The summed E-state index contributed by atoms with van der Waals surface area (Å²) in [5, 5.41) is 0. The summed E-state index contributed by atoms with van der Waals surface area (Å²) in [5.74, 6) is -0.198. The molecular weight excluding hydrogens is 201 g/mol. The fourth-order valence-electron chi connectivity index (χ4n) is 1.05. The van der Waals surface area contributed by atoms with Gasteiger partial charge < -0.3 is 15.2 Å². The van der Waals surface area contributed by atoms with E-state index < -0.39 is 12.6 Å². The standard InChI is InChI=1S/C10H12FNO3/c1-14-9-6-7(2-3-8(9)12)10(13)15-5-4-11/h2-3,6H,4-5,12H2,1H3. The van der Waals surface area contributed by atoms with E-state index in [0.29, 0.717) is 11.4 Å². The van der Waals surface area contributed by atoms with Crippen LogP contribution in [0.25, 0.3) is 0 Å². The van der Waals surface area contributed by atoms with Crippen LogP contribution in [-0.2, 0) is 4.74 Å². The Balaban J connectivity index is 2.81. The van der Waals surface area contributed by atoms with Crippen molar-refractivity contribution in [1.29, 1.82) is 0 Å². The van der Waals surface area contributed by atoms with E-state index in [1.165, 1.54) is 25.3 Å². The van der Waals surface area contributed by atoms with Crippen LogP contribution in [0.3, 0.4) is 0 Å². The Kier molecular flexibility index (Phi) is 3.91. The number of rotatable bonds is 4. The Morgan fingerprint density at radius 3 is 2.87 bits per heavy atom. The smallest absolute Gasteiger partial charge is 0.338 e. The number of esters is 1. The average Bonchev–Trinajstić information content (AvgIpc) is 2.26. The molecule has 0 aliphatic carbocycles. The summed E-state index contributed by atoms with van der Waals surface area (Å²) in [4.78, 5) is 11.3. The van der Waals surface area contributed by atoms with E-state index in [-0.39, 0.29) is 12.2 Å². The molecule has 0 amide bonds. The minimum absolute atomic E-state index is 0.245. The van der Waals surface area contributed by atoms with Gasteiger partial charge in [0.1, 0.15) is 19.0 Å². The molecule has 1 rings (SSSR count). The van der Waals surface area contributed by atoms with Crippen LogP contribution < -0.4 is 10.5 Å². The maximum absolute atomic E-state index is 11.8. The maximum Gasteiger partial charge on any atom is 0.338 e. The van der Waals surface area contributed by atoms with Gasteiger partial charge >= 0.3 is 5.97 Å². The lowest BCUT2D eigenvalue weighted by atomic mass is 10.2. The van der Waals surface area contributed by atoms with Crippen molar-refractivity contribution in [2.24, 2.45) is 0 Å². The highest BCUT2D eigenvalue weighted by molar-refractivity contribution is 5.90. The second kappa shape index (κ2) is 5.19. The van der Waals surface area contributed by atoms with Crippen molar-refractivity contribution in [1.82, 2.24) is 0 Å². The molecule has 0 saturated carbocycles. The highest BCUT2D eigenvalue weighted by atomic mass is 19.1. The van der Waals surface area contributed by atoms with E-state index in [4.69, 9.17) is 10.5 Å². The zero-order valence-electron chi connectivity index (χ0n) is 8.33. The second-order valence-corrected chi connectivity index (χ2v) is 2.78. The fraction of sp³-hybridized carbons (Fsp3) is 0.300. The lowest BCUT2D eigenvalue weighted by Crippen LogP contribution is -2.08. The summed E-state index contributed by atoms with van der Waals surface area (Å²) in [7, 11) is 1.45. The molecule has 15 heavy (non-hydrogen) atoms. The van der Waals surface area contributed by atoms with Gasteiger partial charge in [-0.2, -0.15) is 0 Å². The molecule has 0 fully saturated rings.